The Bertz CT molecular complexity index is 525. The summed E-state index contributed by atoms with van der Waals surface area (Å²) >= 11 is 0. The lowest BCUT2D eigenvalue weighted by molar-refractivity contribution is -0.140. The Hall–Kier alpha value is -2.25. The first-order chi connectivity index (χ1) is 10.3. The van der Waals surface area contributed by atoms with Gasteiger partial charge in [-0.1, -0.05) is 6.92 Å². The van der Waals surface area contributed by atoms with Crippen molar-refractivity contribution < 1.29 is 28.2 Å². The normalized spacial score (nSPS) is 13.5. The molecule has 8 heteroatoms. The monoisotopic (exact) mass is 316 g/mol. The number of nitrogens with zero attached hydrogens (tertiary/aromatic N) is 1. The van der Waals surface area contributed by atoms with Crippen LogP contribution in [0.3, 0.4) is 0 Å². The molecule has 22 heavy (non-hydrogen) atoms. The molecule has 0 spiro atoms. The molecule has 0 aromatic carbocycles. The smallest absolute Gasteiger partial charge is 0.326 e. The number of aliphatic carboxylic acids is 1. The predicted molar refractivity (Wildman–Crippen MR) is 74.1 cm³/mol. The van der Waals surface area contributed by atoms with Crippen LogP contribution in [0.4, 0.5) is 8.78 Å². The maximum Gasteiger partial charge on any atom is 0.326 e. The molecule has 122 valence electrons. The SMILES string of the molecule is CCC(C)Oc1cc(C(=O)NC(CC(F)F)C(=O)O)ccn1. The van der Waals surface area contributed by atoms with Crippen LogP contribution >= 0.6 is 0 Å². The molecule has 2 unspecified atom stereocenters. The lowest BCUT2D eigenvalue weighted by Gasteiger charge is -2.15. The topological polar surface area (TPSA) is 88.5 Å². The predicted octanol–water partition coefficient (Wildman–Crippen LogP) is 2.10. The minimum Gasteiger partial charge on any atom is -0.480 e. The van der Waals surface area contributed by atoms with E-state index in [1.165, 1.54) is 18.3 Å². The molecular weight excluding hydrogens is 298 g/mol. The molecule has 2 N–H and O–H groups in total. The van der Waals surface area contributed by atoms with Crippen LogP contribution < -0.4 is 10.1 Å². The van der Waals surface area contributed by atoms with Crippen molar-refractivity contribution in [2.45, 2.75) is 45.3 Å². The zero-order valence-electron chi connectivity index (χ0n) is 12.3. The van der Waals surface area contributed by atoms with Gasteiger partial charge in [0.25, 0.3) is 5.91 Å². The second-order valence-corrected chi connectivity index (χ2v) is 4.71. The van der Waals surface area contributed by atoms with Crippen LogP contribution in [-0.2, 0) is 4.79 Å². The number of carbonyl (C=O) groups is 2. The van der Waals surface area contributed by atoms with Gasteiger partial charge in [0, 0.05) is 24.2 Å². The zero-order chi connectivity index (χ0) is 16.7. The van der Waals surface area contributed by atoms with E-state index in [9.17, 15) is 18.4 Å². The number of carboxylic acids is 1. The van der Waals surface area contributed by atoms with Crippen molar-refractivity contribution in [2.75, 3.05) is 0 Å². The Morgan fingerprint density at radius 1 is 1.45 bits per heavy atom. The number of amides is 1. The number of hydrogen-bond acceptors (Lipinski definition) is 4. The fourth-order valence-corrected chi connectivity index (χ4v) is 1.55. The number of pyridine rings is 1. The minimum atomic E-state index is -2.83. The molecule has 1 aromatic rings. The number of carboxylic acid groups (broad SMARTS) is 1. The number of rotatable bonds is 8. The third-order valence-electron chi connectivity index (χ3n) is 2.91. The van der Waals surface area contributed by atoms with E-state index < -0.39 is 30.8 Å². The highest BCUT2D eigenvalue weighted by atomic mass is 19.3. The van der Waals surface area contributed by atoms with Crippen LogP contribution in [0.25, 0.3) is 0 Å². The number of nitrogens with one attached hydrogen (secondary N) is 1. The van der Waals surface area contributed by atoms with Crippen LogP contribution in [0, 0.1) is 0 Å². The summed E-state index contributed by atoms with van der Waals surface area (Å²) in [4.78, 5) is 26.7. The zero-order valence-corrected chi connectivity index (χ0v) is 12.3. The number of halogens is 2. The second-order valence-electron chi connectivity index (χ2n) is 4.71. The highest BCUT2D eigenvalue weighted by Gasteiger charge is 2.24. The first-order valence-corrected chi connectivity index (χ1v) is 6.78. The standard InChI is InChI=1S/C14H18F2N2O4/c1-3-8(2)22-12-6-9(4-5-17-12)13(19)18-10(14(20)21)7-11(15)16/h4-6,8,10-11H,3,7H2,1-2H3,(H,18,19)(H,20,21). The highest BCUT2D eigenvalue weighted by molar-refractivity contribution is 5.96. The molecule has 0 bridgehead atoms. The van der Waals surface area contributed by atoms with Crippen molar-refractivity contribution in [1.82, 2.24) is 10.3 Å². The highest BCUT2D eigenvalue weighted by Crippen LogP contribution is 2.13. The van der Waals surface area contributed by atoms with Gasteiger partial charge in [-0.15, -0.1) is 0 Å². The average Bonchev–Trinajstić information content (AvgIpc) is 2.46. The molecule has 0 saturated heterocycles. The van der Waals surface area contributed by atoms with E-state index in [1.807, 2.05) is 13.8 Å². The quantitative estimate of drug-likeness (QED) is 0.766. The number of aromatic nitrogens is 1. The van der Waals surface area contributed by atoms with Crippen LogP contribution in [0.2, 0.25) is 0 Å². The number of hydrogen-bond donors (Lipinski definition) is 2. The average molecular weight is 316 g/mol. The summed E-state index contributed by atoms with van der Waals surface area (Å²) < 4.78 is 30.0. The number of ether oxygens (including phenoxy) is 1. The Morgan fingerprint density at radius 2 is 2.14 bits per heavy atom. The van der Waals surface area contributed by atoms with Gasteiger partial charge in [0.05, 0.1) is 6.10 Å². The maximum absolute atomic E-state index is 12.3. The van der Waals surface area contributed by atoms with Crippen molar-refractivity contribution >= 4 is 11.9 Å². The van der Waals surface area contributed by atoms with Gasteiger partial charge < -0.3 is 15.2 Å². The van der Waals surface area contributed by atoms with Gasteiger partial charge >= 0.3 is 5.97 Å². The Morgan fingerprint density at radius 3 is 2.68 bits per heavy atom. The number of alkyl halides is 2. The van der Waals surface area contributed by atoms with Gasteiger partial charge in [0.1, 0.15) is 6.04 Å². The first kappa shape index (κ1) is 17.8. The summed E-state index contributed by atoms with van der Waals surface area (Å²) in [5, 5.41) is 10.9. The van der Waals surface area contributed by atoms with Gasteiger partial charge in [-0.25, -0.2) is 18.6 Å². The largest absolute Gasteiger partial charge is 0.480 e. The molecule has 0 aliphatic rings. The second kappa shape index (κ2) is 8.26. The molecule has 0 aliphatic carbocycles. The van der Waals surface area contributed by atoms with Crippen LogP contribution in [0.15, 0.2) is 18.3 Å². The summed E-state index contributed by atoms with van der Waals surface area (Å²) in [5.41, 5.74) is 0.0915. The Balaban J connectivity index is 2.79. The minimum absolute atomic E-state index is 0.0915. The van der Waals surface area contributed by atoms with E-state index >= 15 is 0 Å². The van der Waals surface area contributed by atoms with Crippen LogP contribution in [0.5, 0.6) is 5.88 Å². The van der Waals surface area contributed by atoms with Gasteiger partial charge in [-0.3, -0.25) is 4.79 Å². The van der Waals surface area contributed by atoms with Gasteiger partial charge in [0.15, 0.2) is 0 Å². The summed E-state index contributed by atoms with van der Waals surface area (Å²) in [6.45, 7) is 3.75. The molecule has 0 aliphatic heterocycles. The van der Waals surface area contributed by atoms with Crippen LogP contribution in [-0.4, -0.2) is 40.5 Å². The molecule has 1 rings (SSSR count). The van der Waals surface area contributed by atoms with Crippen molar-refractivity contribution in [1.29, 1.82) is 0 Å². The summed E-state index contributed by atoms with van der Waals surface area (Å²) in [5.74, 6) is -2.08. The molecule has 1 aromatic heterocycles. The summed E-state index contributed by atoms with van der Waals surface area (Å²) in [6.07, 6.45) is -1.81. The van der Waals surface area contributed by atoms with Crippen molar-refractivity contribution in [3.63, 3.8) is 0 Å². The Labute approximate surface area is 126 Å². The van der Waals surface area contributed by atoms with E-state index in [0.717, 1.165) is 6.42 Å². The molecule has 0 fully saturated rings. The maximum atomic E-state index is 12.3. The van der Waals surface area contributed by atoms with Crippen molar-refractivity contribution in [2.24, 2.45) is 0 Å². The lowest BCUT2D eigenvalue weighted by Crippen LogP contribution is -2.42. The van der Waals surface area contributed by atoms with E-state index in [4.69, 9.17) is 9.84 Å². The molecule has 0 saturated carbocycles. The summed E-state index contributed by atoms with van der Waals surface area (Å²) in [7, 11) is 0. The Kier molecular flexibility index (Phi) is 6.68. The first-order valence-electron chi connectivity index (χ1n) is 6.78. The van der Waals surface area contributed by atoms with Crippen molar-refractivity contribution in [3.8, 4) is 5.88 Å². The molecule has 1 amide bonds. The molecule has 2 atom stereocenters. The molecule has 6 nitrogen and oxygen atoms in total. The van der Waals surface area contributed by atoms with Gasteiger partial charge in [-0.05, 0) is 19.4 Å². The lowest BCUT2D eigenvalue weighted by atomic mass is 10.2. The van der Waals surface area contributed by atoms with Crippen molar-refractivity contribution in [3.05, 3.63) is 23.9 Å². The molecular formula is C14H18F2N2O4. The van der Waals surface area contributed by atoms with E-state index in [0.29, 0.717) is 0 Å². The van der Waals surface area contributed by atoms with Crippen LogP contribution in [0.1, 0.15) is 37.0 Å². The third kappa shape index (κ3) is 5.63. The number of carbonyl (C=O) groups excluding carboxylic acids is 1. The fraction of sp³-hybridized carbons (Fsp3) is 0.500. The third-order valence-corrected chi connectivity index (χ3v) is 2.91. The van der Waals surface area contributed by atoms with E-state index in [1.54, 1.807) is 0 Å². The van der Waals surface area contributed by atoms with E-state index in [2.05, 4.69) is 10.3 Å². The van der Waals surface area contributed by atoms with E-state index in [-0.39, 0.29) is 17.5 Å². The molecule has 0 radical (unpaired) electrons. The van der Waals surface area contributed by atoms with Gasteiger partial charge in [0.2, 0.25) is 12.3 Å². The fourth-order valence-electron chi connectivity index (χ4n) is 1.55. The molecule has 1 heterocycles. The summed E-state index contributed by atoms with van der Waals surface area (Å²) in [6, 6.07) is 1.03. The van der Waals surface area contributed by atoms with Gasteiger partial charge in [-0.2, -0.15) is 0 Å².